The quantitative estimate of drug-likeness (QED) is 0.525. The fourth-order valence-electron chi connectivity index (χ4n) is 2.97. The monoisotopic (exact) mass is 368 g/mol. The van der Waals surface area contributed by atoms with Crippen molar-refractivity contribution in [2.24, 2.45) is 0 Å². The molecule has 0 aliphatic heterocycles. The predicted octanol–water partition coefficient (Wildman–Crippen LogP) is 5.43. The summed E-state index contributed by atoms with van der Waals surface area (Å²) in [6.45, 7) is 4.10. The zero-order chi connectivity index (χ0) is 19.5. The van der Waals surface area contributed by atoms with Crippen LogP contribution in [0.15, 0.2) is 60.7 Å². The highest BCUT2D eigenvalue weighted by Gasteiger charge is 2.23. The van der Waals surface area contributed by atoms with Crippen molar-refractivity contribution < 1.29 is 19.1 Å². The van der Waals surface area contributed by atoms with Gasteiger partial charge in [0.1, 0.15) is 12.2 Å². The Kier molecular flexibility index (Phi) is 8.56. The number of benzene rings is 2. The normalized spacial score (nSPS) is 12.8. The van der Waals surface area contributed by atoms with Gasteiger partial charge in [0.15, 0.2) is 0 Å². The van der Waals surface area contributed by atoms with E-state index in [2.05, 4.69) is 0 Å². The van der Waals surface area contributed by atoms with E-state index in [1.165, 1.54) is 0 Å². The summed E-state index contributed by atoms with van der Waals surface area (Å²) in [4.78, 5) is 24.8. The van der Waals surface area contributed by atoms with Gasteiger partial charge in [0.2, 0.25) is 0 Å². The van der Waals surface area contributed by atoms with Crippen LogP contribution in [-0.2, 0) is 9.47 Å². The Labute approximate surface area is 161 Å². The van der Waals surface area contributed by atoms with Crippen LogP contribution in [0.1, 0.15) is 66.7 Å². The molecule has 2 rings (SSSR count). The zero-order valence-corrected chi connectivity index (χ0v) is 16.1. The average Bonchev–Trinajstić information content (AvgIpc) is 2.69. The number of esters is 2. The summed E-state index contributed by atoms with van der Waals surface area (Å²) >= 11 is 0. The van der Waals surface area contributed by atoms with Crippen molar-refractivity contribution in [1.82, 2.24) is 0 Å². The molecule has 0 heterocycles. The Morgan fingerprint density at radius 3 is 1.41 bits per heavy atom. The van der Waals surface area contributed by atoms with Crippen molar-refractivity contribution in [3.8, 4) is 0 Å². The molecule has 0 amide bonds. The summed E-state index contributed by atoms with van der Waals surface area (Å²) in [6.07, 6.45) is 3.21. The van der Waals surface area contributed by atoms with E-state index in [-0.39, 0.29) is 24.1 Å². The number of hydrogen-bond donors (Lipinski definition) is 0. The van der Waals surface area contributed by atoms with Gasteiger partial charge >= 0.3 is 11.9 Å². The van der Waals surface area contributed by atoms with Crippen molar-refractivity contribution in [1.29, 1.82) is 0 Å². The fraction of sp³-hybridized carbons (Fsp3) is 0.391. The second-order valence-electron chi connectivity index (χ2n) is 6.60. The Morgan fingerprint density at radius 2 is 1.07 bits per heavy atom. The zero-order valence-electron chi connectivity index (χ0n) is 16.1. The minimum Gasteiger partial charge on any atom is -0.459 e. The van der Waals surface area contributed by atoms with Gasteiger partial charge in [-0.3, -0.25) is 0 Å². The fourth-order valence-corrected chi connectivity index (χ4v) is 2.97. The van der Waals surface area contributed by atoms with Gasteiger partial charge in [0, 0.05) is 6.42 Å². The maximum absolute atomic E-state index is 12.4. The maximum Gasteiger partial charge on any atom is 0.338 e. The van der Waals surface area contributed by atoms with E-state index in [1.54, 1.807) is 24.3 Å². The molecule has 0 saturated heterocycles. The van der Waals surface area contributed by atoms with E-state index < -0.39 is 0 Å². The molecule has 0 saturated carbocycles. The second kappa shape index (κ2) is 11.2. The first-order valence-electron chi connectivity index (χ1n) is 9.66. The lowest BCUT2D eigenvalue weighted by molar-refractivity contribution is -0.00414. The van der Waals surface area contributed by atoms with Crippen LogP contribution in [0.3, 0.4) is 0 Å². The molecule has 0 bridgehead atoms. The Balaban J connectivity index is 2.01. The molecule has 0 spiro atoms. The highest BCUT2D eigenvalue weighted by atomic mass is 16.6. The molecular weight excluding hydrogens is 340 g/mol. The van der Waals surface area contributed by atoms with E-state index in [4.69, 9.17) is 9.47 Å². The summed E-state index contributed by atoms with van der Waals surface area (Å²) in [6, 6.07) is 17.9. The Bertz CT molecular complexity index is 635. The maximum atomic E-state index is 12.4. The third-order valence-corrected chi connectivity index (χ3v) is 4.31. The molecule has 0 aliphatic rings. The lowest BCUT2D eigenvalue weighted by Gasteiger charge is -2.24. The van der Waals surface area contributed by atoms with E-state index >= 15 is 0 Å². The molecule has 27 heavy (non-hydrogen) atoms. The van der Waals surface area contributed by atoms with E-state index in [0.29, 0.717) is 17.5 Å². The van der Waals surface area contributed by atoms with Gasteiger partial charge in [-0.1, -0.05) is 63.1 Å². The smallest absolute Gasteiger partial charge is 0.338 e. The van der Waals surface area contributed by atoms with Crippen LogP contribution in [0.25, 0.3) is 0 Å². The van der Waals surface area contributed by atoms with E-state index in [0.717, 1.165) is 25.7 Å². The summed E-state index contributed by atoms with van der Waals surface area (Å²) in [7, 11) is 0. The first-order valence-corrected chi connectivity index (χ1v) is 9.66. The van der Waals surface area contributed by atoms with Gasteiger partial charge in [0.25, 0.3) is 0 Å². The minimum atomic E-state index is -0.335. The number of hydrogen-bond acceptors (Lipinski definition) is 4. The molecule has 0 radical (unpaired) electrons. The van der Waals surface area contributed by atoms with Crippen LogP contribution in [0, 0.1) is 0 Å². The molecule has 0 fully saturated rings. The molecule has 4 nitrogen and oxygen atoms in total. The predicted molar refractivity (Wildman–Crippen MR) is 106 cm³/mol. The van der Waals surface area contributed by atoms with Gasteiger partial charge in [-0.05, 0) is 37.1 Å². The van der Waals surface area contributed by atoms with Crippen molar-refractivity contribution in [2.75, 3.05) is 0 Å². The van der Waals surface area contributed by atoms with Crippen LogP contribution >= 0.6 is 0 Å². The van der Waals surface area contributed by atoms with Gasteiger partial charge in [0.05, 0.1) is 11.1 Å². The van der Waals surface area contributed by atoms with Crippen LogP contribution in [0.4, 0.5) is 0 Å². The topological polar surface area (TPSA) is 52.6 Å². The molecule has 0 aliphatic carbocycles. The van der Waals surface area contributed by atoms with Gasteiger partial charge in [-0.25, -0.2) is 9.59 Å². The summed E-state index contributed by atoms with van der Waals surface area (Å²) < 4.78 is 11.4. The molecule has 2 aromatic carbocycles. The Morgan fingerprint density at radius 1 is 0.704 bits per heavy atom. The minimum absolute atomic E-state index is 0.275. The van der Waals surface area contributed by atoms with E-state index in [9.17, 15) is 9.59 Å². The molecule has 0 N–H and O–H groups in total. The van der Waals surface area contributed by atoms with Crippen molar-refractivity contribution >= 4 is 11.9 Å². The van der Waals surface area contributed by atoms with Gasteiger partial charge < -0.3 is 9.47 Å². The van der Waals surface area contributed by atoms with E-state index in [1.807, 2.05) is 50.2 Å². The molecular formula is C23H28O4. The summed E-state index contributed by atoms with van der Waals surface area (Å²) in [5, 5.41) is 0. The van der Waals surface area contributed by atoms with Crippen molar-refractivity contribution in [2.45, 2.75) is 58.2 Å². The van der Waals surface area contributed by atoms with Crippen LogP contribution in [0.2, 0.25) is 0 Å². The molecule has 2 aromatic rings. The van der Waals surface area contributed by atoms with Crippen molar-refractivity contribution in [3.05, 3.63) is 71.8 Å². The molecule has 2 atom stereocenters. The molecule has 4 heteroatoms. The van der Waals surface area contributed by atoms with Gasteiger partial charge in [-0.15, -0.1) is 0 Å². The third-order valence-electron chi connectivity index (χ3n) is 4.31. The highest BCUT2D eigenvalue weighted by molar-refractivity contribution is 5.90. The Hall–Kier alpha value is -2.62. The molecule has 0 aromatic heterocycles. The molecule has 144 valence electrons. The number of carbonyl (C=O) groups excluding carboxylic acids is 2. The SMILES string of the molecule is CCCC(CC(CCC)OC(=O)c1ccccc1)OC(=O)c1ccccc1. The van der Waals surface area contributed by atoms with Crippen LogP contribution in [-0.4, -0.2) is 24.1 Å². The average molecular weight is 368 g/mol. The summed E-state index contributed by atoms with van der Waals surface area (Å²) in [5.74, 6) is -0.669. The van der Waals surface area contributed by atoms with Crippen LogP contribution in [0.5, 0.6) is 0 Å². The largest absolute Gasteiger partial charge is 0.459 e. The number of rotatable bonds is 10. The molecule has 2 unspecified atom stereocenters. The number of carbonyl (C=O) groups is 2. The highest BCUT2D eigenvalue weighted by Crippen LogP contribution is 2.19. The van der Waals surface area contributed by atoms with Crippen molar-refractivity contribution in [3.63, 3.8) is 0 Å². The lowest BCUT2D eigenvalue weighted by atomic mass is 10.0. The number of ether oxygens (including phenoxy) is 2. The second-order valence-corrected chi connectivity index (χ2v) is 6.60. The lowest BCUT2D eigenvalue weighted by Crippen LogP contribution is -2.27. The van der Waals surface area contributed by atoms with Crippen LogP contribution < -0.4 is 0 Å². The first-order chi connectivity index (χ1) is 13.1. The third kappa shape index (κ3) is 6.89. The van der Waals surface area contributed by atoms with Gasteiger partial charge in [-0.2, -0.15) is 0 Å². The standard InChI is InChI=1S/C23H28O4/c1-3-11-20(26-22(24)18-13-7-5-8-14-18)17-21(12-4-2)27-23(25)19-15-9-6-10-16-19/h5-10,13-16,20-21H,3-4,11-12,17H2,1-2H3. The summed E-state index contributed by atoms with van der Waals surface area (Å²) in [5.41, 5.74) is 1.07. The first kappa shape index (κ1) is 20.7.